The van der Waals surface area contributed by atoms with Crippen molar-refractivity contribution in [2.45, 2.75) is 32.3 Å². The number of fused-ring (bicyclic) bond motifs is 1. The average Bonchev–Trinajstić information content (AvgIpc) is 3.02. The molecule has 10 heteroatoms. The Labute approximate surface area is 248 Å². The molecule has 1 N–H and O–H groups in total. The van der Waals surface area contributed by atoms with Gasteiger partial charge in [0.2, 0.25) is 0 Å². The highest BCUT2D eigenvalue weighted by Crippen LogP contribution is 2.27. The third-order valence-corrected chi connectivity index (χ3v) is 7.44. The zero-order valence-corrected chi connectivity index (χ0v) is 23.8. The molecule has 1 fully saturated rings. The first-order valence-corrected chi connectivity index (χ1v) is 14.3. The molecule has 0 aliphatic carbocycles. The van der Waals surface area contributed by atoms with Gasteiger partial charge in [0.1, 0.15) is 6.61 Å². The van der Waals surface area contributed by atoms with Gasteiger partial charge in [0, 0.05) is 48.7 Å². The van der Waals surface area contributed by atoms with Crippen molar-refractivity contribution in [1.82, 2.24) is 19.8 Å². The maximum atomic E-state index is 13.4. The molecule has 2 amide bonds. The van der Waals surface area contributed by atoms with Crippen LogP contribution in [0.5, 0.6) is 0 Å². The molecule has 1 aromatic heterocycles. The number of aromatic nitrogens is 2. The smallest absolute Gasteiger partial charge is 0.410 e. The Balaban J connectivity index is 1.28. The number of carbonyl (C=O) groups excluding carboxylic acids is 2. The summed E-state index contributed by atoms with van der Waals surface area (Å²) in [7, 11) is 0. The lowest BCUT2D eigenvalue weighted by atomic mass is 10.0. The van der Waals surface area contributed by atoms with Gasteiger partial charge in [-0.05, 0) is 55.2 Å². The van der Waals surface area contributed by atoms with Gasteiger partial charge in [-0.3, -0.25) is 9.59 Å². The van der Waals surface area contributed by atoms with Crippen LogP contribution in [0.2, 0.25) is 5.02 Å². The molecule has 0 saturated carbocycles. The van der Waals surface area contributed by atoms with E-state index in [0.717, 1.165) is 16.8 Å². The summed E-state index contributed by atoms with van der Waals surface area (Å²) < 4.78 is 5.43. The number of halogens is 1. The molecule has 1 aliphatic rings. The van der Waals surface area contributed by atoms with Crippen LogP contribution in [0.1, 0.15) is 40.9 Å². The lowest BCUT2D eigenvalue weighted by Crippen LogP contribution is -2.50. The summed E-state index contributed by atoms with van der Waals surface area (Å²) in [5.74, 6) is -0.966. The fourth-order valence-corrected chi connectivity index (χ4v) is 5.02. The average molecular weight is 587 g/mol. The Morgan fingerprint density at radius 3 is 2.26 bits per heavy atom. The van der Waals surface area contributed by atoms with Gasteiger partial charge >= 0.3 is 12.1 Å². The van der Waals surface area contributed by atoms with Crippen molar-refractivity contribution in [3.63, 3.8) is 0 Å². The Hall–Kier alpha value is -4.50. The lowest BCUT2D eigenvalue weighted by Gasteiger charge is -2.34. The van der Waals surface area contributed by atoms with Gasteiger partial charge in [-0.2, -0.15) is 0 Å². The number of benzene rings is 3. The number of carbonyl (C=O) groups is 3. The molecule has 5 rings (SSSR count). The second kappa shape index (κ2) is 13.4. The van der Waals surface area contributed by atoms with Crippen LogP contribution in [0.4, 0.5) is 4.79 Å². The first-order valence-electron chi connectivity index (χ1n) is 13.9. The van der Waals surface area contributed by atoms with Crippen molar-refractivity contribution >= 4 is 40.6 Å². The molecule has 0 radical (unpaired) electrons. The maximum absolute atomic E-state index is 13.4. The molecule has 0 atom stereocenters. The zero-order valence-electron chi connectivity index (χ0n) is 23.0. The van der Waals surface area contributed by atoms with Crippen molar-refractivity contribution < 1.29 is 24.2 Å². The summed E-state index contributed by atoms with van der Waals surface area (Å²) in [6.45, 7) is 1.77. The van der Waals surface area contributed by atoms with Gasteiger partial charge in [0.25, 0.3) is 5.91 Å². The van der Waals surface area contributed by atoms with E-state index in [0.29, 0.717) is 72.8 Å². The lowest BCUT2D eigenvalue weighted by molar-refractivity contribution is -0.137. The quantitative estimate of drug-likeness (QED) is 0.245. The summed E-state index contributed by atoms with van der Waals surface area (Å²) >= 11 is 6.08. The Morgan fingerprint density at radius 1 is 0.833 bits per heavy atom. The van der Waals surface area contributed by atoms with Crippen LogP contribution in [-0.4, -0.2) is 69.0 Å². The molecule has 216 valence electrons. The minimum atomic E-state index is -0.828. The van der Waals surface area contributed by atoms with E-state index >= 15 is 0 Å². The summed E-state index contributed by atoms with van der Waals surface area (Å²) in [6, 6.07) is 22.1. The third kappa shape index (κ3) is 7.22. The van der Waals surface area contributed by atoms with Gasteiger partial charge in [0.05, 0.1) is 22.4 Å². The molecule has 3 aromatic carbocycles. The number of piperazine rings is 1. The van der Waals surface area contributed by atoms with Crippen LogP contribution >= 0.6 is 11.6 Å². The number of carboxylic acids is 1. The standard InChI is InChI=1S/C32H31ClN4O5/c33-25-13-10-23(11-14-25)30-27(8-4-5-9-29(38)39)34-28-20-24(12-15-26(28)35-30)31(40)36-16-18-37(19-17-36)32(41)42-21-22-6-2-1-3-7-22/h1-3,6-7,10-15,20H,4-5,8-9,16-19,21H2,(H,38,39). The molecular formula is C32H31ClN4O5. The second-order valence-electron chi connectivity index (χ2n) is 10.1. The number of ether oxygens (including phenoxy) is 1. The number of nitrogens with zero attached hydrogens (tertiary/aromatic N) is 4. The number of aryl methyl sites for hydroxylation is 1. The summed E-state index contributed by atoms with van der Waals surface area (Å²) in [6.07, 6.45) is 1.42. The van der Waals surface area contributed by atoms with E-state index in [1.54, 1.807) is 40.1 Å². The monoisotopic (exact) mass is 586 g/mol. The molecule has 0 spiro atoms. The Kier molecular flexibility index (Phi) is 9.28. The minimum absolute atomic E-state index is 0.0912. The maximum Gasteiger partial charge on any atom is 0.410 e. The predicted octanol–water partition coefficient (Wildman–Crippen LogP) is 5.84. The summed E-state index contributed by atoms with van der Waals surface area (Å²) in [5.41, 5.74) is 4.97. The third-order valence-electron chi connectivity index (χ3n) is 7.19. The number of rotatable bonds is 9. The topological polar surface area (TPSA) is 113 Å². The molecule has 9 nitrogen and oxygen atoms in total. The summed E-state index contributed by atoms with van der Waals surface area (Å²) in [5, 5.41) is 9.62. The Bertz CT molecular complexity index is 1570. The second-order valence-corrected chi connectivity index (χ2v) is 10.6. The van der Waals surface area contributed by atoms with E-state index in [4.69, 9.17) is 31.4 Å². The number of hydrogen-bond acceptors (Lipinski definition) is 6. The van der Waals surface area contributed by atoms with Gasteiger partial charge in [-0.15, -0.1) is 0 Å². The number of hydrogen-bond donors (Lipinski definition) is 1. The van der Waals surface area contributed by atoms with Crippen LogP contribution in [0, 0.1) is 0 Å². The number of unbranched alkanes of at least 4 members (excludes halogenated alkanes) is 1. The van der Waals surface area contributed by atoms with Crippen molar-refractivity contribution in [2.24, 2.45) is 0 Å². The highest BCUT2D eigenvalue weighted by Gasteiger charge is 2.26. The van der Waals surface area contributed by atoms with Crippen molar-refractivity contribution in [3.8, 4) is 11.3 Å². The zero-order chi connectivity index (χ0) is 29.5. The van der Waals surface area contributed by atoms with Gasteiger partial charge in [-0.25, -0.2) is 14.8 Å². The molecule has 0 unspecified atom stereocenters. The van der Waals surface area contributed by atoms with E-state index in [9.17, 15) is 14.4 Å². The van der Waals surface area contributed by atoms with E-state index in [2.05, 4.69) is 0 Å². The van der Waals surface area contributed by atoms with E-state index in [-0.39, 0.29) is 25.0 Å². The van der Waals surface area contributed by atoms with Gasteiger partial charge < -0.3 is 19.6 Å². The molecular weight excluding hydrogens is 556 g/mol. The van der Waals surface area contributed by atoms with Crippen LogP contribution in [0.25, 0.3) is 22.3 Å². The molecule has 4 aromatic rings. The van der Waals surface area contributed by atoms with Crippen LogP contribution < -0.4 is 0 Å². The van der Waals surface area contributed by atoms with Crippen molar-refractivity contribution in [3.05, 3.63) is 94.6 Å². The predicted molar refractivity (Wildman–Crippen MR) is 159 cm³/mol. The largest absolute Gasteiger partial charge is 0.481 e. The molecule has 1 saturated heterocycles. The first kappa shape index (κ1) is 29.0. The van der Waals surface area contributed by atoms with Crippen molar-refractivity contribution in [2.75, 3.05) is 26.2 Å². The number of aliphatic carboxylic acids is 1. The van der Waals surface area contributed by atoms with Crippen LogP contribution in [0.15, 0.2) is 72.8 Å². The fraction of sp³-hybridized carbons (Fsp3) is 0.281. The molecule has 1 aliphatic heterocycles. The fourth-order valence-electron chi connectivity index (χ4n) is 4.89. The highest BCUT2D eigenvalue weighted by atomic mass is 35.5. The van der Waals surface area contributed by atoms with Crippen LogP contribution in [-0.2, 0) is 22.6 Å². The van der Waals surface area contributed by atoms with Gasteiger partial charge in [0.15, 0.2) is 0 Å². The van der Waals surface area contributed by atoms with Crippen LogP contribution in [0.3, 0.4) is 0 Å². The molecule has 0 bridgehead atoms. The van der Waals surface area contributed by atoms with Crippen molar-refractivity contribution in [1.29, 1.82) is 0 Å². The molecule has 42 heavy (non-hydrogen) atoms. The molecule has 2 heterocycles. The van der Waals surface area contributed by atoms with E-state index < -0.39 is 5.97 Å². The first-order chi connectivity index (χ1) is 20.4. The number of carboxylic acid groups (broad SMARTS) is 1. The van der Waals surface area contributed by atoms with Gasteiger partial charge in [-0.1, -0.05) is 54.1 Å². The van der Waals surface area contributed by atoms with E-state index in [1.807, 2.05) is 42.5 Å². The Morgan fingerprint density at radius 2 is 1.55 bits per heavy atom. The normalized spacial score (nSPS) is 13.3. The SMILES string of the molecule is O=C(O)CCCCc1nc2cc(C(=O)N3CCN(C(=O)OCc4ccccc4)CC3)ccc2nc1-c1ccc(Cl)cc1. The minimum Gasteiger partial charge on any atom is -0.481 e. The summed E-state index contributed by atoms with van der Waals surface area (Å²) in [4.78, 5) is 50.0. The van der Waals surface area contributed by atoms with E-state index in [1.165, 1.54) is 0 Å². The number of amides is 2. The highest BCUT2D eigenvalue weighted by molar-refractivity contribution is 6.30.